The summed E-state index contributed by atoms with van der Waals surface area (Å²) in [5.74, 6) is 0.0221. The van der Waals surface area contributed by atoms with Crippen LogP contribution in [0.5, 0.6) is 0 Å². The number of carbonyl (C=O) groups is 1. The van der Waals surface area contributed by atoms with Crippen LogP contribution in [0, 0.1) is 20.8 Å². The monoisotopic (exact) mass is 445 g/mol. The number of anilines is 1. The maximum atomic E-state index is 12.7. The quantitative estimate of drug-likeness (QED) is 0.490. The molecule has 0 aliphatic carbocycles. The van der Waals surface area contributed by atoms with Crippen LogP contribution in [0.3, 0.4) is 0 Å². The van der Waals surface area contributed by atoms with E-state index in [1.165, 1.54) is 0 Å². The number of carbonyl (C=O) groups excluding carboxylic acids is 1. The lowest BCUT2D eigenvalue weighted by atomic mass is 10.0. The van der Waals surface area contributed by atoms with E-state index in [-0.39, 0.29) is 11.9 Å². The number of benzene rings is 2. The number of aryl methyl sites for hydroxylation is 3. The number of thiazole rings is 1. The molecule has 3 heterocycles. The van der Waals surface area contributed by atoms with Crippen molar-refractivity contribution in [1.29, 1.82) is 0 Å². The second kappa shape index (κ2) is 8.39. The zero-order valence-corrected chi connectivity index (χ0v) is 19.4. The number of para-hydroxylation sites is 1. The summed E-state index contributed by atoms with van der Waals surface area (Å²) in [6.07, 6.45) is 1.83. The summed E-state index contributed by atoms with van der Waals surface area (Å²) >= 11 is 1.71. The average molecular weight is 446 g/mol. The van der Waals surface area contributed by atoms with Crippen molar-refractivity contribution >= 4 is 32.7 Å². The van der Waals surface area contributed by atoms with Crippen LogP contribution in [0.2, 0.25) is 0 Å². The van der Waals surface area contributed by atoms with Gasteiger partial charge in [-0.1, -0.05) is 46.7 Å². The van der Waals surface area contributed by atoms with Crippen LogP contribution in [0.1, 0.15) is 40.0 Å². The van der Waals surface area contributed by atoms with E-state index in [1.54, 1.807) is 11.3 Å². The van der Waals surface area contributed by atoms with Crippen LogP contribution in [-0.4, -0.2) is 39.8 Å². The van der Waals surface area contributed by atoms with E-state index in [4.69, 9.17) is 10.1 Å². The Morgan fingerprint density at radius 1 is 1.03 bits per heavy atom. The maximum absolute atomic E-state index is 12.7. The van der Waals surface area contributed by atoms with E-state index in [0.717, 1.165) is 69.5 Å². The molecule has 6 nitrogen and oxygen atoms in total. The van der Waals surface area contributed by atoms with E-state index >= 15 is 0 Å². The van der Waals surface area contributed by atoms with Gasteiger partial charge in [-0.3, -0.25) is 4.79 Å². The van der Waals surface area contributed by atoms with Gasteiger partial charge in [0, 0.05) is 24.7 Å². The van der Waals surface area contributed by atoms with Crippen LogP contribution in [0.25, 0.3) is 16.0 Å². The van der Waals surface area contributed by atoms with Gasteiger partial charge in [-0.25, -0.2) is 4.68 Å². The number of hydrogen-bond donors (Lipinski definition) is 1. The highest BCUT2D eigenvalue weighted by Crippen LogP contribution is 2.33. The molecule has 0 saturated carbocycles. The third-order valence-corrected chi connectivity index (χ3v) is 7.18. The summed E-state index contributed by atoms with van der Waals surface area (Å²) < 4.78 is 3.07. The molecular weight excluding hydrogens is 418 g/mol. The largest absolute Gasteiger partial charge is 0.349 e. The molecule has 0 bridgehead atoms. The highest BCUT2D eigenvalue weighted by atomic mass is 32.1. The Morgan fingerprint density at radius 3 is 2.41 bits per heavy atom. The number of rotatable bonds is 4. The molecular formula is C25H27N5OS. The van der Waals surface area contributed by atoms with Crippen molar-refractivity contribution in [2.45, 2.75) is 39.7 Å². The molecule has 7 heteroatoms. The predicted octanol–water partition coefficient (Wildman–Crippen LogP) is 4.81. The van der Waals surface area contributed by atoms with Crippen molar-refractivity contribution in [2.24, 2.45) is 0 Å². The molecule has 0 spiro atoms. The Labute approximate surface area is 191 Å². The molecule has 1 amide bonds. The van der Waals surface area contributed by atoms with Crippen molar-refractivity contribution in [1.82, 2.24) is 20.1 Å². The van der Waals surface area contributed by atoms with Gasteiger partial charge in [0.05, 0.1) is 16.1 Å². The predicted molar refractivity (Wildman–Crippen MR) is 130 cm³/mol. The van der Waals surface area contributed by atoms with Crippen LogP contribution in [0.15, 0.2) is 48.5 Å². The van der Waals surface area contributed by atoms with Crippen molar-refractivity contribution in [3.8, 4) is 5.69 Å². The summed E-state index contributed by atoms with van der Waals surface area (Å²) in [5.41, 5.74) is 5.92. The third kappa shape index (κ3) is 4.00. The number of fused-ring (bicyclic) bond motifs is 1. The summed E-state index contributed by atoms with van der Waals surface area (Å²) in [6.45, 7) is 7.86. The normalized spacial score (nSPS) is 14.8. The molecule has 1 saturated heterocycles. The third-order valence-electron chi connectivity index (χ3n) is 5.96. The van der Waals surface area contributed by atoms with Gasteiger partial charge in [0.2, 0.25) is 0 Å². The summed E-state index contributed by atoms with van der Waals surface area (Å²) in [6, 6.07) is 16.3. The minimum Gasteiger partial charge on any atom is -0.349 e. The fraction of sp³-hybridized carbons (Fsp3) is 0.320. The van der Waals surface area contributed by atoms with E-state index in [0.29, 0.717) is 0 Å². The lowest BCUT2D eigenvalue weighted by Gasteiger charge is -2.32. The number of amides is 1. The molecule has 2 aromatic carbocycles. The fourth-order valence-corrected chi connectivity index (χ4v) is 5.44. The van der Waals surface area contributed by atoms with E-state index in [1.807, 2.05) is 55.8 Å². The maximum Gasteiger partial charge on any atom is 0.251 e. The smallest absolute Gasteiger partial charge is 0.251 e. The number of piperidine rings is 1. The zero-order chi connectivity index (χ0) is 22.2. The Hall–Kier alpha value is -3.19. The molecule has 0 atom stereocenters. The Balaban J connectivity index is 1.28. The fourth-order valence-electron chi connectivity index (χ4n) is 4.40. The first kappa shape index (κ1) is 20.7. The molecule has 1 fully saturated rings. The van der Waals surface area contributed by atoms with Gasteiger partial charge in [-0.2, -0.15) is 10.1 Å². The minimum atomic E-state index is 0.0221. The highest BCUT2D eigenvalue weighted by molar-refractivity contribution is 7.22. The number of nitrogens with zero attached hydrogens (tertiary/aromatic N) is 4. The molecule has 2 aromatic heterocycles. The van der Waals surface area contributed by atoms with Gasteiger partial charge in [0.15, 0.2) is 10.8 Å². The molecule has 1 N–H and O–H groups in total. The van der Waals surface area contributed by atoms with Crippen molar-refractivity contribution in [2.75, 3.05) is 18.0 Å². The molecule has 164 valence electrons. The van der Waals surface area contributed by atoms with E-state index in [9.17, 15) is 4.79 Å². The van der Waals surface area contributed by atoms with E-state index in [2.05, 4.69) is 28.4 Å². The first-order chi connectivity index (χ1) is 15.5. The average Bonchev–Trinajstić information content (AvgIpc) is 3.35. The standard InChI is InChI=1S/C25H27N5OS/c1-16-13-17(2)15-19(14-16)24(31)26-20-9-11-29(12-10-20)25-27-23-22(32-25)18(3)28-30(23)21-7-5-4-6-8-21/h4-8,13-15,20H,9-12H2,1-3H3,(H,26,31). The topological polar surface area (TPSA) is 63.1 Å². The molecule has 0 radical (unpaired) electrons. The van der Waals surface area contributed by atoms with Crippen LogP contribution < -0.4 is 10.2 Å². The van der Waals surface area contributed by atoms with Crippen molar-refractivity contribution in [3.63, 3.8) is 0 Å². The first-order valence-electron chi connectivity index (χ1n) is 11.0. The van der Waals surface area contributed by atoms with Gasteiger partial charge < -0.3 is 10.2 Å². The van der Waals surface area contributed by atoms with Gasteiger partial charge in [-0.05, 0) is 57.9 Å². The molecule has 4 aromatic rings. The molecule has 5 rings (SSSR count). The first-order valence-corrected chi connectivity index (χ1v) is 11.9. The van der Waals surface area contributed by atoms with E-state index < -0.39 is 0 Å². The second-order valence-electron chi connectivity index (χ2n) is 8.59. The minimum absolute atomic E-state index is 0.0221. The summed E-state index contributed by atoms with van der Waals surface area (Å²) in [4.78, 5) is 20.0. The van der Waals surface area contributed by atoms with Crippen LogP contribution in [-0.2, 0) is 0 Å². The Kier molecular flexibility index (Phi) is 5.43. The SMILES string of the molecule is Cc1cc(C)cc(C(=O)NC2CCN(c3nc4c(s3)c(C)nn4-c3ccccc3)CC2)c1. The van der Waals surface area contributed by atoms with Crippen LogP contribution >= 0.6 is 11.3 Å². The second-order valence-corrected chi connectivity index (χ2v) is 9.57. The molecule has 32 heavy (non-hydrogen) atoms. The Morgan fingerprint density at radius 2 is 1.72 bits per heavy atom. The van der Waals surface area contributed by atoms with Crippen molar-refractivity contribution in [3.05, 3.63) is 70.9 Å². The number of hydrogen-bond acceptors (Lipinski definition) is 5. The molecule has 1 aliphatic heterocycles. The van der Waals surface area contributed by atoms with Gasteiger partial charge in [-0.15, -0.1) is 0 Å². The number of aromatic nitrogens is 3. The zero-order valence-electron chi connectivity index (χ0n) is 18.6. The summed E-state index contributed by atoms with van der Waals surface area (Å²) in [5, 5.41) is 8.95. The highest BCUT2D eigenvalue weighted by Gasteiger charge is 2.25. The van der Waals surface area contributed by atoms with Gasteiger partial charge in [0.25, 0.3) is 5.91 Å². The van der Waals surface area contributed by atoms with Gasteiger partial charge in [0.1, 0.15) is 0 Å². The van der Waals surface area contributed by atoms with Crippen molar-refractivity contribution < 1.29 is 4.79 Å². The lowest BCUT2D eigenvalue weighted by molar-refractivity contribution is 0.0931. The Bertz CT molecular complexity index is 1250. The van der Waals surface area contributed by atoms with Crippen LogP contribution in [0.4, 0.5) is 5.13 Å². The lowest BCUT2D eigenvalue weighted by Crippen LogP contribution is -2.44. The molecule has 0 unspecified atom stereocenters. The number of nitrogens with one attached hydrogen (secondary N) is 1. The summed E-state index contributed by atoms with van der Waals surface area (Å²) in [7, 11) is 0. The molecule has 1 aliphatic rings. The van der Waals surface area contributed by atoms with Gasteiger partial charge >= 0.3 is 0 Å².